The van der Waals surface area contributed by atoms with E-state index in [4.69, 9.17) is 9.47 Å². The molecular weight excluding hydrogens is 400 g/mol. The van der Waals surface area contributed by atoms with E-state index >= 15 is 0 Å². The maximum absolute atomic E-state index is 12.4. The van der Waals surface area contributed by atoms with Crippen LogP contribution in [0.2, 0.25) is 0 Å². The van der Waals surface area contributed by atoms with Crippen molar-refractivity contribution in [1.82, 2.24) is 9.88 Å². The van der Waals surface area contributed by atoms with Gasteiger partial charge in [-0.3, -0.25) is 9.78 Å². The van der Waals surface area contributed by atoms with Gasteiger partial charge >= 0.3 is 0 Å². The lowest BCUT2D eigenvalue weighted by atomic mass is 9.83. The average Bonchev–Trinajstić information content (AvgIpc) is 3.35. The van der Waals surface area contributed by atoms with Crippen molar-refractivity contribution in [3.05, 3.63) is 66.4 Å². The molecule has 2 aliphatic heterocycles. The zero-order valence-electron chi connectivity index (χ0n) is 18.8. The predicted molar refractivity (Wildman–Crippen MR) is 125 cm³/mol. The Balaban J connectivity index is 1.38. The van der Waals surface area contributed by atoms with Crippen LogP contribution in [-0.4, -0.2) is 42.1 Å². The van der Waals surface area contributed by atoms with Gasteiger partial charge in [-0.15, -0.1) is 0 Å². The summed E-state index contributed by atoms with van der Waals surface area (Å²) >= 11 is 0. The van der Waals surface area contributed by atoms with Crippen molar-refractivity contribution in [1.29, 1.82) is 0 Å². The Bertz CT molecular complexity index is 1100. The maximum atomic E-state index is 12.4. The molecule has 0 radical (unpaired) electrons. The van der Waals surface area contributed by atoms with Crippen LogP contribution in [0, 0.1) is 11.8 Å². The molecule has 0 N–H and O–H groups in total. The van der Waals surface area contributed by atoms with Crippen LogP contribution in [0.4, 0.5) is 0 Å². The van der Waals surface area contributed by atoms with E-state index in [9.17, 15) is 4.79 Å². The van der Waals surface area contributed by atoms with Gasteiger partial charge in [0.1, 0.15) is 0 Å². The minimum Gasteiger partial charge on any atom is -0.343 e. The Hall–Kier alpha value is -2.76. The minimum atomic E-state index is -0.715. The highest BCUT2D eigenvalue weighted by molar-refractivity contribution is 5.83. The molecule has 0 aliphatic carbocycles. The van der Waals surface area contributed by atoms with E-state index in [1.165, 1.54) is 0 Å². The van der Waals surface area contributed by atoms with Gasteiger partial charge in [-0.2, -0.15) is 0 Å². The van der Waals surface area contributed by atoms with E-state index in [0.717, 1.165) is 53.5 Å². The van der Waals surface area contributed by atoms with Gasteiger partial charge in [0.25, 0.3) is 0 Å². The molecule has 3 aromatic rings. The zero-order chi connectivity index (χ0) is 22.1. The Morgan fingerprint density at radius 2 is 1.69 bits per heavy atom. The molecule has 166 valence electrons. The van der Waals surface area contributed by atoms with E-state index in [-0.39, 0.29) is 17.7 Å². The predicted octanol–water partition coefficient (Wildman–Crippen LogP) is 5.00. The van der Waals surface area contributed by atoms with Crippen molar-refractivity contribution in [3.8, 4) is 11.1 Å². The lowest BCUT2D eigenvalue weighted by Gasteiger charge is -2.41. The molecule has 2 saturated heterocycles. The molecule has 5 nitrogen and oxygen atoms in total. The van der Waals surface area contributed by atoms with Gasteiger partial charge in [-0.25, -0.2) is 0 Å². The van der Waals surface area contributed by atoms with Gasteiger partial charge in [0.05, 0.1) is 18.7 Å². The molecule has 2 fully saturated rings. The molecule has 32 heavy (non-hydrogen) atoms. The van der Waals surface area contributed by atoms with Crippen LogP contribution in [0.5, 0.6) is 0 Å². The number of rotatable bonds is 4. The Morgan fingerprint density at radius 1 is 1.00 bits per heavy atom. The number of hydrogen-bond acceptors (Lipinski definition) is 4. The summed E-state index contributed by atoms with van der Waals surface area (Å²) < 4.78 is 12.5. The largest absolute Gasteiger partial charge is 0.343 e. The van der Waals surface area contributed by atoms with Crippen LogP contribution in [0.15, 0.2) is 60.8 Å². The first kappa shape index (κ1) is 21.1. The van der Waals surface area contributed by atoms with Gasteiger partial charge in [-0.1, -0.05) is 56.3 Å². The molecule has 0 saturated carbocycles. The van der Waals surface area contributed by atoms with Gasteiger partial charge in [0, 0.05) is 47.6 Å². The SMILES string of the molecule is CC(C)C(=O)N1CCC(C2(c3ccc(-c4cnc5ccccc5c4)cc3)OCCO2)CC1. The highest BCUT2D eigenvalue weighted by atomic mass is 16.7. The summed E-state index contributed by atoms with van der Waals surface area (Å²) in [5.74, 6) is -0.210. The van der Waals surface area contributed by atoms with E-state index in [2.05, 4.69) is 41.4 Å². The molecule has 5 heteroatoms. The van der Waals surface area contributed by atoms with Gasteiger partial charge in [0.2, 0.25) is 5.91 Å². The van der Waals surface area contributed by atoms with Gasteiger partial charge in [0.15, 0.2) is 5.79 Å². The number of likely N-dealkylation sites (tertiary alicyclic amines) is 1. The molecule has 0 atom stereocenters. The molecule has 1 amide bonds. The van der Waals surface area contributed by atoms with Crippen molar-refractivity contribution < 1.29 is 14.3 Å². The van der Waals surface area contributed by atoms with Crippen LogP contribution >= 0.6 is 0 Å². The Morgan fingerprint density at radius 3 is 2.38 bits per heavy atom. The molecule has 1 aromatic heterocycles. The molecule has 0 spiro atoms. The third-order valence-electron chi connectivity index (χ3n) is 6.77. The quantitative estimate of drug-likeness (QED) is 0.585. The summed E-state index contributed by atoms with van der Waals surface area (Å²) in [6.45, 7) is 6.65. The first-order valence-corrected chi connectivity index (χ1v) is 11.6. The van der Waals surface area contributed by atoms with Gasteiger partial charge < -0.3 is 14.4 Å². The number of fused-ring (bicyclic) bond motifs is 1. The normalized spacial score (nSPS) is 19.0. The van der Waals surface area contributed by atoms with Crippen molar-refractivity contribution in [2.45, 2.75) is 32.5 Å². The number of carbonyl (C=O) groups is 1. The highest BCUT2D eigenvalue weighted by Crippen LogP contribution is 2.44. The second-order valence-electron chi connectivity index (χ2n) is 9.11. The second-order valence-corrected chi connectivity index (χ2v) is 9.11. The molecule has 0 unspecified atom stereocenters. The zero-order valence-corrected chi connectivity index (χ0v) is 18.8. The summed E-state index contributed by atoms with van der Waals surface area (Å²) in [5.41, 5.74) is 4.28. The summed E-state index contributed by atoms with van der Waals surface area (Å²) in [5, 5.41) is 1.13. The lowest BCUT2D eigenvalue weighted by molar-refractivity contribution is -0.214. The molecular formula is C27H30N2O3. The monoisotopic (exact) mass is 430 g/mol. The summed E-state index contributed by atoms with van der Waals surface area (Å²) in [4.78, 5) is 19.0. The third kappa shape index (κ3) is 3.80. The molecule has 2 aliphatic rings. The van der Waals surface area contributed by atoms with Crippen LogP contribution in [0.1, 0.15) is 32.3 Å². The van der Waals surface area contributed by atoms with Crippen molar-refractivity contribution in [2.24, 2.45) is 11.8 Å². The van der Waals surface area contributed by atoms with Crippen LogP contribution in [-0.2, 0) is 20.1 Å². The van der Waals surface area contributed by atoms with Crippen molar-refractivity contribution >= 4 is 16.8 Å². The topological polar surface area (TPSA) is 51.7 Å². The number of pyridine rings is 1. The minimum absolute atomic E-state index is 0.0385. The molecule has 0 bridgehead atoms. The summed E-state index contributed by atoms with van der Waals surface area (Å²) in [6, 6.07) is 18.9. The smallest absolute Gasteiger partial charge is 0.225 e. The maximum Gasteiger partial charge on any atom is 0.225 e. The third-order valence-corrected chi connectivity index (χ3v) is 6.77. The molecule has 5 rings (SSSR count). The fourth-order valence-electron chi connectivity index (χ4n) is 5.04. The fraction of sp³-hybridized carbons (Fsp3) is 0.407. The Kier molecular flexibility index (Phi) is 5.70. The second kappa shape index (κ2) is 8.64. The number of carbonyl (C=O) groups excluding carboxylic acids is 1. The van der Waals surface area contributed by atoms with Gasteiger partial charge in [-0.05, 0) is 30.5 Å². The number of piperidine rings is 1. The molecule has 3 heterocycles. The van der Waals surface area contributed by atoms with E-state index in [0.29, 0.717) is 13.2 Å². The number of hydrogen-bond donors (Lipinski definition) is 0. The van der Waals surface area contributed by atoms with E-state index in [1.807, 2.05) is 43.1 Å². The number of benzene rings is 2. The Labute approximate surface area is 189 Å². The number of aromatic nitrogens is 1. The number of ether oxygens (including phenoxy) is 2. The first-order valence-electron chi connectivity index (χ1n) is 11.6. The summed E-state index contributed by atoms with van der Waals surface area (Å²) in [7, 11) is 0. The van der Waals surface area contributed by atoms with Crippen LogP contribution < -0.4 is 0 Å². The van der Waals surface area contributed by atoms with Crippen LogP contribution in [0.3, 0.4) is 0 Å². The fourth-order valence-corrected chi connectivity index (χ4v) is 5.04. The number of amides is 1. The first-order chi connectivity index (χ1) is 15.6. The standard InChI is InChI=1S/C27H30N2O3/c1-19(2)26(30)29-13-11-24(12-14-29)27(31-15-16-32-27)23-9-7-20(8-10-23)22-17-21-5-3-4-6-25(21)28-18-22/h3-10,17-19,24H,11-16H2,1-2H3. The average molecular weight is 431 g/mol. The van der Waals surface area contributed by atoms with E-state index in [1.54, 1.807) is 0 Å². The number of nitrogens with zero attached hydrogens (tertiary/aromatic N) is 2. The highest BCUT2D eigenvalue weighted by Gasteiger charge is 2.47. The summed E-state index contributed by atoms with van der Waals surface area (Å²) in [6.07, 6.45) is 3.70. The van der Waals surface area contributed by atoms with Crippen molar-refractivity contribution in [2.75, 3.05) is 26.3 Å². The van der Waals surface area contributed by atoms with E-state index < -0.39 is 5.79 Å². The number of para-hydroxylation sites is 1. The van der Waals surface area contributed by atoms with Crippen LogP contribution in [0.25, 0.3) is 22.0 Å². The van der Waals surface area contributed by atoms with Crippen molar-refractivity contribution in [3.63, 3.8) is 0 Å². The lowest BCUT2D eigenvalue weighted by Crippen LogP contribution is -2.47. The molecule has 2 aromatic carbocycles.